The van der Waals surface area contributed by atoms with Crippen molar-refractivity contribution >= 4 is 23.2 Å². The van der Waals surface area contributed by atoms with Gasteiger partial charge in [-0.1, -0.05) is 11.6 Å². The third-order valence-electron chi connectivity index (χ3n) is 1.49. The lowest BCUT2D eigenvalue weighted by Crippen LogP contribution is -2.23. The second-order valence-corrected chi connectivity index (χ2v) is 3.07. The Balaban J connectivity index is 2.79. The van der Waals surface area contributed by atoms with Gasteiger partial charge in [0.1, 0.15) is 0 Å². The van der Waals surface area contributed by atoms with E-state index in [2.05, 4.69) is 5.48 Å². The number of hydroxylamine groups is 1. The van der Waals surface area contributed by atoms with Crippen LogP contribution in [0.1, 0.15) is 17.3 Å². The Morgan fingerprint density at radius 3 is 2.86 bits per heavy atom. The number of anilines is 1. The number of rotatable bonds is 3. The monoisotopic (exact) mass is 214 g/mol. The van der Waals surface area contributed by atoms with Crippen LogP contribution in [0.15, 0.2) is 18.2 Å². The summed E-state index contributed by atoms with van der Waals surface area (Å²) in [5.41, 5.74) is 8.59. The van der Waals surface area contributed by atoms with Crippen molar-refractivity contribution in [1.82, 2.24) is 5.48 Å². The average Bonchev–Trinajstić information content (AvgIpc) is 2.12. The van der Waals surface area contributed by atoms with Gasteiger partial charge in [-0.15, -0.1) is 0 Å². The molecule has 0 saturated heterocycles. The third-order valence-corrected chi connectivity index (χ3v) is 1.71. The van der Waals surface area contributed by atoms with E-state index in [0.717, 1.165) is 0 Å². The Kier molecular flexibility index (Phi) is 3.73. The van der Waals surface area contributed by atoms with Gasteiger partial charge < -0.3 is 5.73 Å². The first-order chi connectivity index (χ1) is 6.63. The van der Waals surface area contributed by atoms with Crippen molar-refractivity contribution in [2.24, 2.45) is 0 Å². The molecule has 0 spiro atoms. The van der Waals surface area contributed by atoms with Gasteiger partial charge in [-0.2, -0.15) is 0 Å². The maximum absolute atomic E-state index is 11.4. The van der Waals surface area contributed by atoms with Crippen LogP contribution < -0.4 is 11.2 Å². The maximum atomic E-state index is 11.4. The van der Waals surface area contributed by atoms with Gasteiger partial charge in [0.25, 0.3) is 5.91 Å². The Morgan fingerprint density at radius 1 is 1.57 bits per heavy atom. The summed E-state index contributed by atoms with van der Waals surface area (Å²) in [4.78, 5) is 16.1. The van der Waals surface area contributed by atoms with Crippen LogP contribution in [0.3, 0.4) is 0 Å². The molecule has 0 fully saturated rings. The number of nitrogens with one attached hydrogen (secondary N) is 1. The van der Waals surface area contributed by atoms with Crippen LogP contribution in [0.2, 0.25) is 5.02 Å². The molecule has 0 atom stereocenters. The van der Waals surface area contributed by atoms with Gasteiger partial charge in [0.05, 0.1) is 6.61 Å². The summed E-state index contributed by atoms with van der Waals surface area (Å²) >= 11 is 5.73. The van der Waals surface area contributed by atoms with E-state index in [1.165, 1.54) is 12.1 Å². The highest BCUT2D eigenvalue weighted by molar-refractivity contribution is 6.31. The predicted octanol–water partition coefficient (Wildman–Crippen LogP) is 1.60. The average molecular weight is 215 g/mol. The highest BCUT2D eigenvalue weighted by Gasteiger charge is 2.06. The Bertz CT molecular complexity index is 321. The molecule has 1 rings (SSSR count). The maximum Gasteiger partial charge on any atom is 0.274 e. The zero-order valence-electron chi connectivity index (χ0n) is 7.71. The number of hydrogen-bond donors (Lipinski definition) is 2. The van der Waals surface area contributed by atoms with Gasteiger partial charge in [0.15, 0.2) is 0 Å². The van der Waals surface area contributed by atoms with Crippen molar-refractivity contribution in [1.29, 1.82) is 0 Å². The van der Waals surface area contributed by atoms with E-state index < -0.39 is 0 Å². The minimum absolute atomic E-state index is 0.360. The molecule has 1 amide bonds. The van der Waals surface area contributed by atoms with E-state index in [-0.39, 0.29) is 5.91 Å². The fraction of sp³-hybridized carbons (Fsp3) is 0.222. The summed E-state index contributed by atoms with van der Waals surface area (Å²) in [6.45, 7) is 2.18. The van der Waals surface area contributed by atoms with Crippen molar-refractivity contribution in [3.8, 4) is 0 Å². The Hall–Kier alpha value is -1.26. The van der Waals surface area contributed by atoms with Crippen molar-refractivity contribution in [2.75, 3.05) is 12.3 Å². The summed E-state index contributed by atoms with van der Waals surface area (Å²) < 4.78 is 0. The van der Waals surface area contributed by atoms with E-state index in [0.29, 0.717) is 22.9 Å². The summed E-state index contributed by atoms with van der Waals surface area (Å²) in [6.07, 6.45) is 0. The summed E-state index contributed by atoms with van der Waals surface area (Å²) in [7, 11) is 0. The number of hydrogen-bond acceptors (Lipinski definition) is 3. The molecule has 76 valence electrons. The first-order valence-electron chi connectivity index (χ1n) is 4.11. The van der Waals surface area contributed by atoms with Gasteiger partial charge in [0, 0.05) is 16.3 Å². The second kappa shape index (κ2) is 4.83. The lowest BCUT2D eigenvalue weighted by molar-refractivity contribution is 0.0364. The molecule has 0 unspecified atom stereocenters. The lowest BCUT2D eigenvalue weighted by atomic mass is 10.2. The summed E-state index contributed by atoms with van der Waals surface area (Å²) in [5.74, 6) is -0.360. The largest absolute Gasteiger partial charge is 0.399 e. The molecule has 0 aromatic heterocycles. The highest BCUT2D eigenvalue weighted by Crippen LogP contribution is 2.16. The van der Waals surface area contributed by atoms with E-state index >= 15 is 0 Å². The zero-order valence-corrected chi connectivity index (χ0v) is 8.47. The van der Waals surface area contributed by atoms with Crippen LogP contribution in [0.5, 0.6) is 0 Å². The lowest BCUT2D eigenvalue weighted by Gasteiger charge is -2.04. The minimum atomic E-state index is -0.360. The summed E-state index contributed by atoms with van der Waals surface area (Å²) in [5, 5.41) is 0.423. The number of carbonyl (C=O) groups is 1. The van der Waals surface area contributed by atoms with Crippen LogP contribution in [-0.2, 0) is 4.84 Å². The SMILES string of the molecule is CCONC(=O)c1cc(N)cc(Cl)c1. The van der Waals surface area contributed by atoms with Gasteiger partial charge >= 0.3 is 0 Å². The van der Waals surface area contributed by atoms with Crippen molar-refractivity contribution in [3.05, 3.63) is 28.8 Å². The first-order valence-corrected chi connectivity index (χ1v) is 4.49. The molecule has 0 radical (unpaired) electrons. The molecule has 0 aliphatic heterocycles. The molecule has 0 aliphatic rings. The Labute approximate surface area is 86.9 Å². The number of amides is 1. The number of benzene rings is 1. The second-order valence-electron chi connectivity index (χ2n) is 2.64. The van der Waals surface area contributed by atoms with Gasteiger partial charge in [-0.05, 0) is 25.1 Å². The fourth-order valence-corrected chi connectivity index (χ4v) is 1.18. The van der Waals surface area contributed by atoms with Crippen LogP contribution in [0.25, 0.3) is 0 Å². The standard InChI is InChI=1S/C9H11ClN2O2/c1-2-14-12-9(13)6-3-7(10)5-8(11)4-6/h3-5H,2,11H2,1H3,(H,12,13). The van der Waals surface area contributed by atoms with Crippen LogP contribution >= 0.6 is 11.6 Å². The smallest absolute Gasteiger partial charge is 0.274 e. The first kappa shape index (κ1) is 10.8. The molecule has 5 heteroatoms. The predicted molar refractivity (Wildman–Crippen MR) is 55.0 cm³/mol. The van der Waals surface area contributed by atoms with E-state index in [1.54, 1.807) is 13.0 Å². The van der Waals surface area contributed by atoms with Crippen LogP contribution in [0.4, 0.5) is 5.69 Å². The molecule has 0 aliphatic carbocycles. The summed E-state index contributed by atoms with van der Waals surface area (Å²) in [6, 6.07) is 4.62. The molecular weight excluding hydrogens is 204 g/mol. The molecule has 1 aromatic carbocycles. The van der Waals surface area contributed by atoms with Crippen LogP contribution in [-0.4, -0.2) is 12.5 Å². The quantitative estimate of drug-likeness (QED) is 0.594. The molecule has 1 aromatic rings. The van der Waals surface area contributed by atoms with E-state index in [1.807, 2.05) is 0 Å². The van der Waals surface area contributed by atoms with Gasteiger partial charge in [-0.3, -0.25) is 9.63 Å². The fourth-order valence-electron chi connectivity index (χ4n) is 0.940. The molecule has 0 bridgehead atoms. The molecule has 0 heterocycles. The number of nitrogen functional groups attached to an aromatic ring is 1. The van der Waals surface area contributed by atoms with Crippen LogP contribution in [0, 0.1) is 0 Å². The van der Waals surface area contributed by atoms with Gasteiger partial charge in [0.2, 0.25) is 0 Å². The minimum Gasteiger partial charge on any atom is -0.399 e. The normalized spacial score (nSPS) is 9.86. The number of carbonyl (C=O) groups excluding carboxylic acids is 1. The van der Waals surface area contributed by atoms with Crippen molar-refractivity contribution < 1.29 is 9.63 Å². The Morgan fingerprint density at radius 2 is 2.29 bits per heavy atom. The van der Waals surface area contributed by atoms with Gasteiger partial charge in [-0.25, -0.2) is 5.48 Å². The molecule has 4 nitrogen and oxygen atoms in total. The molecular formula is C9H11ClN2O2. The topological polar surface area (TPSA) is 64.3 Å². The molecule has 0 saturated carbocycles. The van der Waals surface area contributed by atoms with Crippen molar-refractivity contribution in [2.45, 2.75) is 6.92 Å². The third kappa shape index (κ3) is 2.90. The molecule has 14 heavy (non-hydrogen) atoms. The van der Waals surface area contributed by atoms with Crippen molar-refractivity contribution in [3.63, 3.8) is 0 Å². The number of halogens is 1. The zero-order chi connectivity index (χ0) is 10.6. The highest BCUT2D eigenvalue weighted by atomic mass is 35.5. The molecule has 3 N–H and O–H groups in total. The van der Waals surface area contributed by atoms with E-state index in [4.69, 9.17) is 22.2 Å². The number of nitrogens with two attached hydrogens (primary N) is 1. The van der Waals surface area contributed by atoms with E-state index in [9.17, 15) is 4.79 Å².